The standard InChI is InChI=1S/C41H78N2O19P2/c1-26(2)13-10-14-27(3)15-11-16-28(4)17-12-18-29(5)19-20-56-63(51,52)62-64(53,54)61-37(21-42-31(7)47)58-34(23-45)36(25-55-30(6)22-44)60-41-38(43-32(8)48)39(50)40(57-33(9)49)35(24-46)59-41/h22,26-30,34-41,45-46,50H,10-21,23-25H2,1-9H3,(H,42,47)(H,43,48)(H,51,52)(H,53,54)/t27?,28?,29?,30-,34?,35?,36+,37-,38?,39?,40-,41+/m1/s1. The third-order valence-corrected chi connectivity index (χ3v) is 13.2. The summed E-state index contributed by atoms with van der Waals surface area (Å²) in [6, 6.07) is -1.49. The molecule has 1 fully saturated rings. The normalized spacial score (nSPS) is 24.3. The third kappa shape index (κ3) is 25.8. The van der Waals surface area contributed by atoms with Crippen molar-refractivity contribution in [3.8, 4) is 0 Å². The largest absolute Gasteiger partial charge is 0.483 e. The van der Waals surface area contributed by atoms with Gasteiger partial charge in [-0.1, -0.05) is 92.4 Å². The lowest BCUT2D eigenvalue weighted by molar-refractivity contribution is -0.303. The van der Waals surface area contributed by atoms with E-state index in [9.17, 15) is 53.4 Å². The van der Waals surface area contributed by atoms with Gasteiger partial charge in [-0.05, 0) is 37.0 Å². The summed E-state index contributed by atoms with van der Waals surface area (Å²) in [6.07, 6.45) is -1.61. The van der Waals surface area contributed by atoms with E-state index in [4.69, 9.17) is 32.7 Å². The third-order valence-electron chi connectivity index (χ3n) is 10.6. The molecule has 0 spiro atoms. The van der Waals surface area contributed by atoms with Gasteiger partial charge in [-0.3, -0.25) is 23.4 Å². The second-order valence-corrected chi connectivity index (χ2v) is 20.3. The number of hydrogen-bond donors (Lipinski definition) is 7. The first-order valence-corrected chi connectivity index (χ1v) is 25.2. The van der Waals surface area contributed by atoms with Gasteiger partial charge in [0.15, 0.2) is 18.7 Å². The molecular formula is C41H78N2O19P2. The highest BCUT2D eigenvalue weighted by molar-refractivity contribution is 7.61. The van der Waals surface area contributed by atoms with Crippen molar-refractivity contribution in [2.75, 3.05) is 33.0 Å². The number of aliphatic hydroxyl groups excluding tert-OH is 3. The van der Waals surface area contributed by atoms with Gasteiger partial charge in [-0.2, -0.15) is 4.31 Å². The fraction of sp³-hybridized carbons (Fsp3) is 0.902. The molecule has 64 heavy (non-hydrogen) atoms. The maximum atomic E-state index is 13.1. The number of aldehydes is 1. The molecule has 1 rings (SSSR count). The summed E-state index contributed by atoms with van der Waals surface area (Å²) in [5.74, 6) is -0.0571. The van der Waals surface area contributed by atoms with E-state index in [1.165, 1.54) is 39.0 Å². The van der Waals surface area contributed by atoms with Crippen LogP contribution in [0, 0.1) is 23.7 Å². The van der Waals surface area contributed by atoms with Crippen LogP contribution in [0.2, 0.25) is 0 Å². The number of phosphoric acid groups is 2. The molecule has 7 N–H and O–H groups in total. The van der Waals surface area contributed by atoms with E-state index >= 15 is 0 Å². The summed E-state index contributed by atoms with van der Waals surface area (Å²) < 4.78 is 68.7. The Labute approximate surface area is 378 Å². The Hall–Kier alpha value is -1.94. The molecule has 21 nitrogen and oxygen atoms in total. The molecule has 23 heteroatoms. The number of hydrogen-bond acceptors (Lipinski definition) is 17. The molecule has 0 aliphatic carbocycles. The van der Waals surface area contributed by atoms with E-state index in [1.807, 2.05) is 6.92 Å². The van der Waals surface area contributed by atoms with Gasteiger partial charge < -0.3 is 64.2 Å². The summed E-state index contributed by atoms with van der Waals surface area (Å²) >= 11 is 0. The molecule has 14 atom stereocenters. The number of rotatable bonds is 35. The quantitative estimate of drug-likeness (QED) is 0.0204. The molecule has 0 aromatic carbocycles. The molecule has 1 heterocycles. The molecule has 376 valence electrons. The molecule has 1 aliphatic heterocycles. The first kappa shape index (κ1) is 60.1. The van der Waals surface area contributed by atoms with Gasteiger partial charge in [0.25, 0.3) is 0 Å². The second-order valence-electron chi connectivity index (χ2n) is 17.3. The number of nitrogens with one attached hydrogen (secondary N) is 2. The van der Waals surface area contributed by atoms with Crippen LogP contribution >= 0.6 is 15.6 Å². The molecule has 0 bridgehead atoms. The van der Waals surface area contributed by atoms with Gasteiger partial charge in [-0.25, -0.2) is 9.13 Å². The fourth-order valence-electron chi connectivity index (χ4n) is 7.01. The first-order chi connectivity index (χ1) is 29.9. The topological polar surface area (TPSA) is 301 Å². The van der Waals surface area contributed by atoms with E-state index in [-0.39, 0.29) is 12.5 Å². The molecule has 1 saturated heterocycles. The minimum Gasteiger partial charge on any atom is -0.457 e. The number of ether oxygens (including phenoxy) is 5. The lowest BCUT2D eigenvalue weighted by atomic mass is 9.91. The SMILES string of the molecule is CC(=O)NC[C@H](OC(CO)[C@H](CO[C@H](C)C=O)O[C@@H]1OC(CO)[C@@H](OC(C)=O)C(O)C1NC(C)=O)OP(=O)(O)OP(=O)(O)OCCC(C)CCCC(C)CCCC(C)CCCC(C)C. The lowest BCUT2D eigenvalue weighted by Crippen LogP contribution is -2.66. The Kier molecular flexibility index (Phi) is 29.3. The van der Waals surface area contributed by atoms with E-state index in [0.29, 0.717) is 18.6 Å². The zero-order valence-electron chi connectivity index (χ0n) is 39.0. The number of carbonyl (C=O) groups is 4. The van der Waals surface area contributed by atoms with Crippen molar-refractivity contribution in [3.63, 3.8) is 0 Å². The van der Waals surface area contributed by atoms with Crippen LogP contribution in [0.4, 0.5) is 0 Å². The van der Waals surface area contributed by atoms with E-state index in [2.05, 4.69) is 42.6 Å². The molecule has 2 amide bonds. The van der Waals surface area contributed by atoms with E-state index in [0.717, 1.165) is 58.3 Å². The smallest absolute Gasteiger partial charge is 0.457 e. The molecule has 0 aromatic heterocycles. The van der Waals surface area contributed by atoms with E-state index < -0.39 is 115 Å². The Morgan fingerprint density at radius 2 is 1.36 bits per heavy atom. The Balaban J connectivity index is 3.00. The average Bonchev–Trinajstić information content (AvgIpc) is 3.18. The Morgan fingerprint density at radius 1 is 0.797 bits per heavy atom. The van der Waals surface area contributed by atoms with Crippen LogP contribution in [0.3, 0.4) is 0 Å². The van der Waals surface area contributed by atoms with Crippen molar-refractivity contribution < 1.29 is 90.5 Å². The van der Waals surface area contributed by atoms with Crippen LogP contribution in [0.5, 0.6) is 0 Å². The minimum atomic E-state index is -5.57. The average molecular weight is 965 g/mol. The zero-order valence-corrected chi connectivity index (χ0v) is 40.8. The molecule has 9 unspecified atom stereocenters. The Morgan fingerprint density at radius 3 is 1.84 bits per heavy atom. The summed E-state index contributed by atoms with van der Waals surface area (Å²) in [7, 11) is -10.8. The molecule has 0 radical (unpaired) electrons. The summed E-state index contributed by atoms with van der Waals surface area (Å²) in [4.78, 5) is 68.1. The van der Waals surface area contributed by atoms with Gasteiger partial charge in [0, 0.05) is 20.8 Å². The number of phosphoric ester groups is 2. The maximum Gasteiger partial charge on any atom is 0.483 e. The minimum absolute atomic E-state index is 0.102. The van der Waals surface area contributed by atoms with Crippen molar-refractivity contribution in [3.05, 3.63) is 0 Å². The zero-order chi connectivity index (χ0) is 48.6. The molecule has 0 aromatic rings. The van der Waals surface area contributed by atoms with Gasteiger partial charge in [-0.15, -0.1) is 0 Å². The van der Waals surface area contributed by atoms with Crippen LogP contribution in [-0.4, -0.2) is 137 Å². The van der Waals surface area contributed by atoms with Crippen LogP contribution in [0.25, 0.3) is 0 Å². The monoisotopic (exact) mass is 964 g/mol. The van der Waals surface area contributed by atoms with Crippen molar-refractivity contribution >= 4 is 39.7 Å². The van der Waals surface area contributed by atoms with Crippen LogP contribution < -0.4 is 10.6 Å². The van der Waals surface area contributed by atoms with Crippen molar-refractivity contribution in [1.29, 1.82) is 0 Å². The maximum absolute atomic E-state index is 13.1. The summed E-state index contributed by atoms with van der Waals surface area (Å²) in [5.41, 5.74) is 0. The fourth-order valence-corrected chi connectivity index (χ4v) is 9.15. The van der Waals surface area contributed by atoms with Crippen molar-refractivity contribution in [2.45, 2.75) is 182 Å². The summed E-state index contributed by atoms with van der Waals surface area (Å²) in [5, 5.41) is 36.3. The molecule has 1 aliphatic rings. The lowest BCUT2D eigenvalue weighted by Gasteiger charge is -2.45. The van der Waals surface area contributed by atoms with Crippen LogP contribution in [0.1, 0.15) is 127 Å². The van der Waals surface area contributed by atoms with Gasteiger partial charge in [0.1, 0.15) is 42.8 Å². The van der Waals surface area contributed by atoms with Crippen LogP contribution in [-0.2, 0) is 65.4 Å². The van der Waals surface area contributed by atoms with Gasteiger partial charge in [0.05, 0.1) is 33.0 Å². The summed E-state index contributed by atoms with van der Waals surface area (Å²) in [6.45, 7) is 12.3. The first-order valence-electron chi connectivity index (χ1n) is 22.2. The number of amides is 2. The van der Waals surface area contributed by atoms with Crippen LogP contribution in [0.15, 0.2) is 0 Å². The van der Waals surface area contributed by atoms with Gasteiger partial charge in [0.2, 0.25) is 11.8 Å². The number of esters is 1. The van der Waals surface area contributed by atoms with Crippen molar-refractivity contribution in [2.24, 2.45) is 23.7 Å². The highest BCUT2D eigenvalue weighted by Gasteiger charge is 2.49. The highest BCUT2D eigenvalue weighted by Crippen LogP contribution is 2.61. The predicted octanol–water partition coefficient (Wildman–Crippen LogP) is 4.05. The van der Waals surface area contributed by atoms with E-state index in [1.54, 1.807) is 0 Å². The molecular weight excluding hydrogens is 886 g/mol. The molecule has 0 saturated carbocycles. The number of carbonyl (C=O) groups excluding carboxylic acids is 4. The Bertz CT molecular complexity index is 1460. The number of aliphatic hydroxyl groups is 3. The predicted molar refractivity (Wildman–Crippen MR) is 232 cm³/mol. The van der Waals surface area contributed by atoms with Crippen molar-refractivity contribution in [1.82, 2.24) is 10.6 Å². The highest BCUT2D eigenvalue weighted by atomic mass is 31.3. The second kappa shape index (κ2) is 31.2. The van der Waals surface area contributed by atoms with Gasteiger partial charge >= 0.3 is 21.6 Å².